The van der Waals surface area contributed by atoms with Crippen LogP contribution in [-0.2, 0) is 20.8 Å². The van der Waals surface area contributed by atoms with Gasteiger partial charge in [-0.1, -0.05) is 30.3 Å². The van der Waals surface area contributed by atoms with Gasteiger partial charge in [0.15, 0.2) is 0 Å². The van der Waals surface area contributed by atoms with Gasteiger partial charge in [-0.05, 0) is 46.2 Å². The molecule has 0 aliphatic carbocycles. The number of rotatable bonds is 5. The van der Waals surface area contributed by atoms with E-state index in [2.05, 4.69) is 22.3 Å². The minimum Gasteiger partial charge on any atom is -0.466 e. The summed E-state index contributed by atoms with van der Waals surface area (Å²) in [6.07, 6.45) is 0.143. The predicted molar refractivity (Wildman–Crippen MR) is 99.6 cm³/mol. The van der Waals surface area contributed by atoms with E-state index in [9.17, 15) is 9.59 Å². The van der Waals surface area contributed by atoms with Crippen molar-refractivity contribution in [3.05, 3.63) is 35.9 Å². The highest BCUT2D eigenvalue weighted by atomic mass is 16.6. The van der Waals surface area contributed by atoms with Crippen molar-refractivity contribution in [1.29, 1.82) is 0 Å². The number of carbonyl (C=O) groups excluding carboxylic acids is 2. The van der Waals surface area contributed by atoms with Crippen LogP contribution in [0.1, 0.15) is 39.7 Å². The van der Waals surface area contributed by atoms with Crippen molar-refractivity contribution in [1.82, 2.24) is 10.2 Å². The fourth-order valence-electron chi connectivity index (χ4n) is 3.14. The second kappa shape index (κ2) is 9.03. The molecule has 0 bridgehead atoms. The van der Waals surface area contributed by atoms with Gasteiger partial charge in [-0.15, -0.1) is 0 Å². The van der Waals surface area contributed by atoms with Crippen molar-refractivity contribution in [3.8, 4) is 0 Å². The Hall–Kier alpha value is -2.08. The van der Waals surface area contributed by atoms with Crippen LogP contribution in [0, 0.1) is 5.92 Å². The molecule has 2 atom stereocenters. The van der Waals surface area contributed by atoms with Crippen molar-refractivity contribution in [3.63, 3.8) is 0 Å². The minimum absolute atomic E-state index is 0.257. The summed E-state index contributed by atoms with van der Waals surface area (Å²) in [5, 5.41) is 2.88. The number of ether oxygens (including phenoxy) is 2. The Bertz CT molecular complexity index is 598. The smallest absolute Gasteiger partial charge is 0.407 e. The number of amides is 1. The second-order valence-electron chi connectivity index (χ2n) is 7.62. The maximum atomic E-state index is 12.3. The summed E-state index contributed by atoms with van der Waals surface area (Å²) in [7, 11) is 0. The van der Waals surface area contributed by atoms with Crippen LogP contribution < -0.4 is 5.32 Å². The van der Waals surface area contributed by atoms with Crippen molar-refractivity contribution in [2.75, 3.05) is 19.7 Å². The van der Waals surface area contributed by atoms with E-state index in [-0.39, 0.29) is 17.9 Å². The number of carbonyl (C=O) groups is 2. The normalized spacial score (nSPS) is 21.1. The second-order valence-corrected chi connectivity index (χ2v) is 7.62. The van der Waals surface area contributed by atoms with Crippen molar-refractivity contribution >= 4 is 12.1 Å². The highest BCUT2D eigenvalue weighted by molar-refractivity contribution is 5.75. The standard InChI is InChI=1S/C20H30N2O4/c1-5-25-18(23)16-11-12-22(13-15-9-7-6-8-10-15)14-17(16)21-19(24)26-20(2,3)4/h6-10,16-17H,5,11-14H2,1-4H3,(H,21,24). The monoisotopic (exact) mass is 362 g/mol. The van der Waals surface area contributed by atoms with Gasteiger partial charge in [0.05, 0.1) is 18.6 Å². The molecule has 1 saturated heterocycles. The third-order valence-corrected chi connectivity index (χ3v) is 4.24. The average molecular weight is 362 g/mol. The number of hydrogen-bond acceptors (Lipinski definition) is 5. The molecule has 1 heterocycles. The number of alkyl carbamates (subject to hydrolysis) is 1. The van der Waals surface area contributed by atoms with E-state index in [1.807, 2.05) is 39.0 Å². The quantitative estimate of drug-likeness (QED) is 0.816. The highest BCUT2D eigenvalue weighted by Gasteiger charge is 2.36. The molecular formula is C20H30N2O4. The number of nitrogens with one attached hydrogen (secondary N) is 1. The van der Waals surface area contributed by atoms with Crippen LogP contribution in [0.5, 0.6) is 0 Å². The van der Waals surface area contributed by atoms with Crippen LogP contribution >= 0.6 is 0 Å². The molecule has 1 N–H and O–H groups in total. The first-order valence-electron chi connectivity index (χ1n) is 9.21. The SMILES string of the molecule is CCOC(=O)C1CCN(Cc2ccccc2)CC1NC(=O)OC(C)(C)C. The number of benzene rings is 1. The number of nitrogens with zero attached hydrogens (tertiary/aromatic N) is 1. The molecule has 0 aromatic heterocycles. The molecule has 1 aromatic carbocycles. The maximum absolute atomic E-state index is 12.3. The van der Waals surface area contributed by atoms with E-state index < -0.39 is 11.7 Å². The minimum atomic E-state index is -0.581. The molecule has 1 aromatic rings. The Morgan fingerprint density at radius 2 is 1.92 bits per heavy atom. The summed E-state index contributed by atoms with van der Waals surface area (Å²) >= 11 is 0. The van der Waals surface area contributed by atoms with Crippen molar-refractivity contribution < 1.29 is 19.1 Å². The Morgan fingerprint density at radius 1 is 1.23 bits per heavy atom. The number of esters is 1. The number of likely N-dealkylation sites (tertiary alicyclic amines) is 1. The lowest BCUT2D eigenvalue weighted by atomic mass is 9.91. The predicted octanol–water partition coefficient (Wildman–Crippen LogP) is 2.96. The lowest BCUT2D eigenvalue weighted by molar-refractivity contribution is -0.150. The van der Waals surface area contributed by atoms with E-state index in [4.69, 9.17) is 9.47 Å². The van der Waals surface area contributed by atoms with Crippen molar-refractivity contribution in [2.24, 2.45) is 5.92 Å². The topological polar surface area (TPSA) is 67.9 Å². The highest BCUT2D eigenvalue weighted by Crippen LogP contribution is 2.22. The summed E-state index contributed by atoms with van der Waals surface area (Å²) in [5.41, 5.74) is 0.625. The van der Waals surface area contributed by atoms with Crippen LogP contribution in [0.2, 0.25) is 0 Å². The van der Waals surface area contributed by atoms with E-state index in [0.29, 0.717) is 19.6 Å². The van der Waals surface area contributed by atoms with Gasteiger partial charge in [-0.2, -0.15) is 0 Å². The van der Waals surface area contributed by atoms with Crippen LogP contribution in [0.15, 0.2) is 30.3 Å². The molecule has 144 valence electrons. The van der Waals surface area contributed by atoms with E-state index in [0.717, 1.165) is 13.1 Å². The van der Waals surface area contributed by atoms with Gasteiger partial charge in [-0.3, -0.25) is 9.69 Å². The van der Waals surface area contributed by atoms with Crippen LogP contribution in [0.4, 0.5) is 4.79 Å². The van der Waals surface area contributed by atoms with E-state index in [1.54, 1.807) is 6.92 Å². The number of piperidine rings is 1. The average Bonchev–Trinajstić information content (AvgIpc) is 2.54. The van der Waals surface area contributed by atoms with Gasteiger partial charge < -0.3 is 14.8 Å². The summed E-state index contributed by atoms with van der Waals surface area (Å²) in [6, 6.07) is 9.83. The summed E-state index contributed by atoms with van der Waals surface area (Å²) in [4.78, 5) is 26.8. The molecular weight excluding hydrogens is 332 g/mol. The molecule has 6 nitrogen and oxygen atoms in total. The molecule has 2 unspecified atom stereocenters. The van der Waals surface area contributed by atoms with Gasteiger partial charge in [-0.25, -0.2) is 4.79 Å². The van der Waals surface area contributed by atoms with Crippen molar-refractivity contribution in [2.45, 2.75) is 52.3 Å². The molecule has 2 rings (SSSR count). The van der Waals surface area contributed by atoms with Crippen LogP contribution in [0.25, 0.3) is 0 Å². The Labute approximate surface area is 155 Å². The van der Waals surface area contributed by atoms with Gasteiger partial charge in [0.2, 0.25) is 0 Å². The van der Waals surface area contributed by atoms with Crippen LogP contribution in [0.3, 0.4) is 0 Å². The van der Waals surface area contributed by atoms with Gasteiger partial charge in [0.25, 0.3) is 0 Å². The molecule has 26 heavy (non-hydrogen) atoms. The first-order chi connectivity index (χ1) is 12.3. The molecule has 0 radical (unpaired) electrons. The summed E-state index contributed by atoms with van der Waals surface area (Å²) in [5.74, 6) is -0.609. The largest absolute Gasteiger partial charge is 0.466 e. The molecule has 1 fully saturated rings. The molecule has 1 aliphatic rings. The Balaban J connectivity index is 2.04. The first-order valence-corrected chi connectivity index (χ1v) is 9.21. The molecule has 1 amide bonds. The lowest BCUT2D eigenvalue weighted by Crippen LogP contribution is -2.55. The Morgan fingerprint density at radius 3 is 2.54 bits per heavy atom. The van der Waals surface area contributed by atoms with E-state index >= 15 is 0 Å². The van der Waals surface area contributed by atoms with Gasteiger partial charge >= 0.3 is 12.1 Å². The molecule has 0 spiro atoms. The Kier molecular flexibility index (Phi) is 7.03. The maximum Gasteiger partial charge on any atom is 0.407 e. The molecule has 6 heteroatoms. The molecule has 0 saturated carbocycles. The zero-order valence-electron chi connectivity index (χ0n) is 16.2. The zero-order chi connectivity index (χ0) is 19.2. The third kappa shape index (κ3) is 6.33. The lowest BCUT2D eigenvalue weighted by Gasteiger charge is -2.37. The fraction of sp³-hybridized carbons (Fsp3) is 0.600. The van der Waals surface area contributed by atoms with Gasteiger partial charge in [0, 0.05) is 13.1 Å². The first kappa shape index (κ1) is 20.2. The van der Waals surface area contributed by atoms with Gasteiger partial charge in [0.1, 0.15) is 5.60 Å². The fourth-order valence-corrected chi connectivity index (χ4v) is 3.14. The summed E-state index contributed by atoms with van der Waals surface area (Å²) < 4.78 is 10.6. The molecule has 1 aliphatic heterocycles. The zero-order valence-corrected chi connectivity index (χ0v) is 16.2. The van der Waals surface area contributed by atoms with Crippen LogP contribution in [-0.4, -0.2) is 48.3 Å². The summed E-state index contributed by atoms with van der Waals surface area (Å²) in [6.45, 7) is 9.72. The van der Waals surface area contributed by atoms with E-state index in [1.165, 1.54) is 5.56 Å². The number of hydrogen-bond donors (Lipinski definition) is 1. The third-order valence-electron chi connectivity index (χ3n) is 4.24.